The van der Waals surface area contributed by atoms with E-state index >= 15 is 0 Å². The number of ketones is 1. The van der Waals surface area contributed by atoms with E-state index in [1.807, 2.05) is 18.2 Å². The van der Waals surface area contributed by atoms with E-state index in [-0.39, 0.29) is 17.0 Å². The number of fused-ring (bicyclic) bond motifs is 2. The first kappa shape index (κ1) is 27.3. The van der Waals surface area contributed by atoms with Gasteiger partial charge in [-0.2, -0.15) is 4.58 Å². The zero-order chi connectivity index (χ0) is 28.7. The maximum Gasteiger partial charge on any atom is 0.209 e. The van der Waals surface area contributed by atoms with Crippen LogP contribution in [0.2, 0.25) is 0 Å². The van der Waals surface area contributed by atoms with Crippen LogP contribution in [0.3, 0.4) is 0 Å². The Hall–Kier alpha value is -3.92. The number of carbonyl (C=O) groups is 1. The Morgan fingerprint density at radius 2 is 1.76 bits per heavy atom. The van der Waals surface area contributed by atoms with Crippen LogP contribution >= 0.6 is 0 Å². The van der Waals surface area contributed by atoms with Gasteiger partial charge in [0, 0.05) is 53.3 Å². The summed E-state index contributed by atoms with van der Waals surface area (Å²) in [6.07, 6.45) is 17.2. The number of aliphatic hydroxyl groups is 1. The lowest BCUT2D eigenvalue weighted by Gasteiger charge is -2.22. The molecule has 0 saturated heterocycles. The van der Waals surface area contributed by atoms with Crippen LogP contribution in [0.1, 0.15) is 64.5 Å². The molecule has 0 unspecified atom stereocenters. The maximum absolute atomic E-state index is 13.7. The second-order valence-corrected chi connectivity index (χ2v) is 12.7. The predicted octanol–water partition coefficient (Wildman–Crippen LogP) is 8.45. The molecular weight excluding hydrogens is 504 g/mol. The first-order valence-electron chi connectivity index (χ1n) is 15.1. The summed E-state index contributed by atoms with van der Waals surface area (Å²) in [5, 5.41) is 12.4. The number of Topliss-reactive ketones (excluding diaryl/α,β-unsaturated/α-hetero) is 1. The van der Waals surface area contributed by atoms with Crippen LogP contribution in [0, 0.1) is 11.8 Å². The second kappa shape index (κ2) is 10.8. The number of unbranched alkanes of at least 4 members (excludes halogenated alkanes) is 1. The highest BCUT2D eigenvalue weighted by molar-refractivity contribution is 6.41. The molecule has 3 aromatic rings. The molecule has 210 valence electrons. The molecule has 0 radical (unpaired) electrons. The van der Waals surface area contributed by atoms with Gasteiger partial charge in [0.25, 0.3) is 0 Å². The molecule has 0 amide bonds. The number of hydrogen-bond donors (Lipinski definition) is 1. The lowest BCUT2D eigenvalue weighted by molar-refractivity contribution is -0.439. The van der Waals surface area contributed by atoms with Crippen molar-refractivity contribution in [3.05, 3.63) is 108 Å². The Balaban J connectivity index is 1.32. The van der Waals surface area contributed by atoms with Crippen LogP contribution in [0.25, 0.3) is 16.5 Å². The van der Waals surface area contributed by atoms with Crippen molar-refractivity contribution < 1.29 is 14.5 Å². The minimum atomic E-state index is -0.267. The van der Waals surface area contributed by atoms with Gasteiger partial charge in [-0.3, -0.25) is 4.79 Å². The van der Waals surface area contributed by atoms with Crippen molar-refractivity contribution in [3.63, 3.8) is 0 Å². The van der Waals surface area contributed by atoms with E-state index in [1.165, 1.54) is 11.3 Å². The van der Waals surface area contributed by atoms with E-state index in [2.05, 4.69) is 104 Å². The molecule has 0 bridgehead atoms. The fourth-order valence-electron chi connectivity index (χ4n) is 6.64. The molecule has 6 rings (SSSR count). The number of benzene rings is 2. The summed E-state index contributed by atoms with van der Waals surface area (Å²) in [7, 11) is 0. The number of nitrogens with zero attached hydrogens (tertiary/aromatic N) is 2. The average Bonchev–Trinajstić information content (AvgIpc) is 3.66. The van der Waals surface area contributed by atoms with Gasteiger partial charge in [-0.15, -0.1) is 0 Å². The first-order chi connectivity index (χ1) is 19.8. The minimum Gasteiger partial charge on any atom is -0.506 e. The number of allylic oxidation sites excluding steroid dienone is 7. The first-order valence-corrected chi connectivity index (χ1v) is 15.1. The van der Waals surface area contributed by atoms with Crippen LogP contribution < -0.4 is 0 Å². The SMILES string of the molecule is CC(C)CC[N+]1=C(C=C2C(=O)C(c3cn(CCCCC4C=CC=C4)c4ccccc34)=C2O)C(C)(C)c2ccccc21. The van der Waals surface area contributed by atoms with Crippen molar-refractivity contribution in [2.45, 2.75) is 65.3 Å². The summed E-state index contributed by atoms with van der Waals surface area (Å²) < 4.78 is 4.60. The molecule has 4 heteroatoms. The Morgan fingerprint density at radius 3 is 2.51 bits per heavy atom. The van der Waals surface area contributed by atoms with Gasteiger partial charge in [0.15, 0.2) is 5.71 Å². The highest BCUT2D eigenvalue weighted by Crippen LogP contribution is 2.44. The Morgan fingerprint density at radius 1 is 1.02 bits per heavy atom. The van der Waals surface area contributed by atoms with Crippen LogP contribution in [-0.2, 0) is 16.8 Å². The molecular formula is C37H41N2O2+. The van der Waals surface area contributed by atoms with Gasteiger partial charge in [-0.05, 0) is 44.6 Å². The normalized spacial score (nSPS) is 19.0. The van der Waals surface area contributed by atoms with E-state index in [4.69, 9.17) is 0 Å². The molecule has 2 heterocycles. The Labute approximate surface area is 243 Å². The molecule has 2 aromatic carbocycles. The zero-order valence-electron chi connectivity index (χ0n) is 24.7. The quantitative estimate of drug-likeness (QED) is 0.158. The largest absolute Gasteiger partial charge is 0.506 e. The minimum absolute atomic E-state index is 0.0757. The lowest BCUT2D eigenvalue weighted by Crippen LogP contribution is -2.31. The van der Waals surface area contributed by atoms with E-state index in [0.29, 0.717) is 23.0 Å². The van der Waals surface area contributed by atoms with Gasteiger partial charge in [-0.25, -0.2) is 0 Å². The molecule has 0 atom stereocenters. The number of rotatable bonds is 10. The summed E-state index contributed by atoms with van der Waals surface area (Å²) in [5.41, 5.74) is 6.06. The van der Waals surface area contributed by atoms with Gasteiger partial charge in [0.05, 0.1) is 16.6 Å². The number of aromatic nitrogens is 1. The van der Waals surface area contributed by atoms with Crippen molar-refractivity contribution in [3.8, 4) is 0 Å². The van der Waals surface area contributed by atoms with Gasteiger partial charge < -0.3 is 9.67 Å². The molecule has 0 fully saturated rings. The maximum atomic E-state index is 13.7. The molecule has 41 heavy (non-hydrogen) atoms. The summed E-state index contributed by atoms with van der Waals surface area (Å²) in [6, 6.07) is 16.7. The van der Waals surface area contributed by atoms with Crippen LogP contribution in [-0.4, -0.2) is 32.3 Å². The number of carbonyl (C=O) groups excluding carboxylic acids is 1. The molecule has 1 aromatic heterocycles. The molecule has 3 aliphatic rings. The second-order valence-electron chi connectivity index (χ2n) is 12.7. The fraction of sp³-hybridized carbons (Fsp3) is 0.351. The standard InChI is InChI=1S/C37H40N2O2/c1-25(2)20-22-39-32-19-10-8-17-30(32)37(3,4)33(39)23-28-35(40)34(36(28)41)29-24-38(31-18-9-7-16-27(29)31)21-12-11-15-26-13-5-6-14-26/h5-10,13-14,16-19,23-26H,11-12,15,20-22H2,1-4H3/p+1. The van der Waals surface area contributed by atoms with Gasteiger partial charge in [0.1, 0.15) is 12.3 Å². The van der Waals surface area contributed by atoms with Crippen molar-refractivity contribution >= 4 is 33.7 Å². The lowest BCUT2D eigenvalue weighted by atomic mass is 9.77. The van der Waals surface area contributed by atoms with E-state index in [0.717, 1.165) is 61.0 Å². The molecule has 0 spiro atoms. The number of aliphatic hydroxyl groups excluding tert-OH is 1. The predicted molar refractivity (Wildman–Crippen MR) is 169 cm³/mol. The van der Waals surface area contributed by atoms with Crippen LogP contribution in [0.5, 0.6) is 0 Å². The highest BCUT2D eigenvalue weighted by Gasteiger charge is 2.46. The fourth-order valence-corrected chi connectivity index (χ4v) is 6.64. The molecule has 1 aliphatic heterocycles. The van der Waals surface area contributed by atoms with Crippen LogP contribution in [0.15, 0.2) is 96.4 Å². The molecule has 1 N–H and O–H groups in total. The number of hydrogen-bond acceptors (Lipinski definition) is 2. The molecule has 2 aliphatic carbocycles. The number of aryl methyl sites for hydroxylation is 1. The van der Waals surface area contributed by atoms with E-state index in [1.54, 1.807) is 0 Å². The van der Waals surface area contributed by atoms with Gasteiger partial charge in [-0.1, -0.05) is 81.0 Å². The Kier molecular flexibility index (Phi) is 7.19. The van der Waals surface area contributed by atoms with E-state index < -0.39 is 0 Å². The Bertz CT molecular complexity index is 1660. The zero-order valence-corrected chi connectivity index (χ0v) is 24.7. The summed E-state index contributed by atoms with van der Waals surface area (Å²) >= 11 is 0. The van der Waals surface area contributed by atoms with Crippen molar-refractivity contribution in [1.82, 2.24) is 4.57 Å². The number of para-hydroxylation sites is 2. The smallest absolute Gasteiger partial charge is 0.209 e. The van der Waals surface area contributed by atoms with Crippen molar-refractivity contribution in [2.24, 2.45) is 11.8 Å². The van der Waals surface area contributed by atoms with Crippen LogP contribution in [0.4, 0.5) is 5.69 Å². The van der Waals surface area contributed by atoms with Gasteiger partial charge >= 0.3 is 0 Å². The monoisotopic (exact) mass is 545 g/mol. The third-order valence-electron chi connectivity index (χ3n) is 9.05. The van der Waals surface area contributed by atoms with Crippen molar-refractivity contribution in [2.75, 3.05) is 6.54 Å². The summed E-state index contributed by atoms with van der Waals surface area (Å²) in [5.74, 6) is 1.16. The van der Waals surface area contributed by atoms with Gasteiger partial charge in [0.2, 0.25) is 11.5 Å². The topological polar surface area (TPSA) is 45.2 Å². The third-order valence-corrected chi connectivity index (χ3v) is 9.05. The highest BCUT2D eigenvalue weighted by atomic mass is 16.3. The van der Waals surface area contributed by atoms with E-state index in [9.17, 15) is 9.90 Å². The molecule has 0 saturated carbocycles. The average molecular weight is 546 g/mol. The third kappa shape index (κ3) is 4.84. The summed E-state index contributed by atoms with van der Waals surface area (Å²) in [4.78, 5) is 13.7. The molecule has 4 nitrogen and oxygen atoms in total. The van der Waals surface area contributed by atoms with Crippen molar-refractivity contribution in [1.29, 1.82) is 0 Å². The summed E-state index contributed by atoms with van der Waals surface area (Å²) in [6.45, 7) is 10.7.